The van der Waals surface area contributed by atoms with Gasteiger partial charge in [-0.1, -0.05) is 18.5 Å². The number of nitrogens with two attached hydrogens (primary N) is 1. The summed E-state index contributed by atoms with van der Waals surface area (Å²) in [6.07, 6.45) is 8.03. The Kier molecular flexibility index (Phi) is 3.49. The Bertz CT molecular complexity index is 449. The zero-order chi connectivity index (χ0) is 12.4. The van der Waals surface area contributed by atoms with Crippen LogP contribution in [0, 0.1) is 0 Å². The van der Waals surface area contributed by atoms with Gasteiger partial charge >= 0.3 is 0 Å². The number of rotatable bonds is 4. The van der Waals surface area contributed by atoms with E-state index in [0.29, 0.717) is 5.02 Å². The van der Waals surface area contributed by atoms with E-state index in [0.717, 1.165) is 12.0 Å². The third-order valence-corrected chi connectivity index (χ3v) is 2.99. The van der Waals surface area contributed by atoms with Gasteiger partial charge in [0.2, 0.25) is 0 Å². The summed E-state index contributed by atoms with van der Waals surface area (Å²) in [4.78, 5) is 0. The van der Waals surface area contributed by atoms with Crippen LogP contribution in [0.3, 0.4) is 0 Å². The third-order valence-electron chi connectivity index (χ3n) is 2.80. The minimum absolute atomic E-state index is 0.0184. The van der Waals surface area contributed by atoms with Crippen LogP contribution in [0.25, 0.3) is 0 Å². The Morgan fingerprint density at radius 2 is 2.12 bits per heavy atom. The van der Waals surface area contributed by atoms with Gasteiger partial charge in [-0.3, -0.25) is 9.36 Å². The van der Waals surface area contributed by atoms with E-state index in [4.69, 9.17) is 17.3 Å². The molecule has 2 unspecified atom stereocenters. The molecule has 6 heteroatoms. The van der Waals surface area contributed by atoms with E-state index in [1.165, 1.54) is 0 Å². The molecule has 0 aliphatic carbocycles. The molecule has 5 nitrogen and oxygen atoms in total. The van der Waals surface area contributed by atoms with Crippen molar-refractivity contribution in [2.45, 2.75) is 25.4 Å². The van der Waals surface area contributed by atoms with E-state index in [2.05, 4.69) is 17.1 Å². The normalized spacial score (nSPS) is 14.8. The molecule has 0 amide bonds. The monoisotopic (exact) mass is 253 g/mol. The summed E-state index contributed by atoms with van der Waals surface area (Å²) < 4.78 is 3.56. The smallest absolute Gasteiger partial charge is 0.0949 e. The molecule has 0 aliphatic heterocycles. The van der Waals surface area contributed by atoms with Crippen molar-refractivity contribution in [3.63, 3.8) is 0 Å². The van der Waals surface area contributed by atoms with E-state index >= 15 is 0 Å². The first-order valence-corrected chi connectivity index (χ1v) is 5.93. The molecule has 2 aromatic rings. The third kappa shape index (κ3) is 2.50. The highest BCUT2D eigenvalue weighted by Gasteiger charge is 2.22. The summed E-state index contributed by atoms with van der Waals surface area (Å²) in [7, 11) is 1.88. The standard InChI is InChI=1S/C11H16ClN5/c1-3-10(13)11(8-4-14-16(2)6-8)17-7-9(12)5-15-17/h4-7,10-11H,3,13H2,1-2H3. The fraction of sp³-hybridized carbons (Fsp3) is 0.455. The number of hydrogen-bond acceptors (Lipinski definition) is 3. The van der Waals surface area contributed by atoms with E-state index in [1.807, 2.05) is 19.4 Å². The average Bonchev–Trinajstić information content (AvgIpc) is 2.89. The molecule has 0 aliphatic rings. The van der Waals surface area contributed by atoms with Crippen molar-refractivity contribution in [2.24, 2.45) is 12.8 Å². The lowest BCUT2D eigenvalue weighted by molar-refractivity contribution is 0.424. The molecule has 2 rings (SSSR count). The molecular weight excluding hydrogens is 238 g/mol. The molecule has 92 valence electrons. The molecule has 2 N–H and O–H groups in total. The van der Waals surface area contributed by atoms with Crippen molar-refractivity contribution in [2.75, 3.05) is 0 Å². The first kappa shape index (κ1) is 12.1. The molecule has 0 bridgehead atoms. The molecule has 0 aromatic carbocycles. The fourth-order valence-electron chi connectivity index (χ4n) is 1.88. The second-order valence-corrected chi connectivity index (χ2v) is 4.54. The highest BCUT2D eigenvalue weighted by atomic mass is 35.5. The molecule has 2 aromatic heterocycles. The summed E-state index contributed by atoms with van der Waals surface area (Å²) >= 11 is 5.90. The molecule has 0 spiro atoms. The summed E-state index contributed by atoms with van der Waals surface area (Å²) in [5.41, 5.74) is 7.20. The van der Waals surface area contributed by atoms with Crippen LogP contribution in [0.1, 0.15) is 24.9 Å². The molecular formula is C11H16ClN5. The lowest BCUT2D eigenvalue weighted by Gasteiger charge is -2.22. The van der Waals surface area contributed by atoms with Crippen molar-refractivity contribution in [3.05, 3.63) is 35.4 Å². The van der Waals surface area contributed by atoms with Gasteiger partial charge in [0.15, 0.2) is 0 Å². The van der Waals surface area contributed by atoms with Gasteiger partial charge in [0, 0.05) is 31.0 Å². The minimum atomic E-state index is -0.0267. The van der Waals surface area contributed by atoms with E-state index in [-0.39, 0.29) is 12.1 Å². The Morgan fingerprint density at radius 1 is 1.35 bits per heavy atom. The van der Waals surface area contributed by atoms with E-state index < -0.39 is 0 Å². The van der Waals surface area contributed by atoms with Crippen LogP contribution >= 0.6 is 11.6 Å². The maximum atomic E-state index is 6.16. The van der Waals surface area contributed by atoms with Gasteiger partial charge in [-0.25, -0.2) is 0 Å². The van der Waals surface area contributed by atoms with Gasteiger partial charge in [-0.2, -0.15) is 10.2 Å². The minimum Gasteiger partial charge on any atom is -0.326 e. The summed E-state index contributed by atoms with van der Waals surface area (Å²) in [5.74, 6) is 0. The first-order chi connectivity index (χ1) is 8.11. The second kappa shape index (κ2) is 4.89. The fourth-order valence-corrected chi connectivity index (χ4v) is 2.02. The van der Waals surface area contributed by atoms with Gasteiger partial charge in [0.25, 0.3) is 0 Å². The highest BCUT2D eigenvalue weighted by molar-refractivity contribution is 6.30. The lowest BCUT2D eigenvalue weighted by Crippen LogP contribution is -2.32. The van der Waals surface area contributed by atoms with Gasteiger partial charge in [0.1, 0.15) is 0 Å². The topological polar surface area (TPSA) is 61.7 Å². The van der Waals surface area contributed by atoms with Crippen molar-refractivity contribution >= 4 is 11.6 Å². The Morgan fingerprint density at radius 3 is 2.59 bits per heavy atom. The lowest BCUT2D eigenvalue weighted by atomic mass is 10.0. The van der Waals surface area contributed by atoms with Crippen LogP contribution in [0.5, 0.6) is 0 Å². The summed E-state index contributed by atoms with van der Waals surface area (Å²) in [6, 6.07) is -0.0450. The molecule has 0 radical (unpaired) electrons. The van der Waals surface area contributed by atoms with Crippen LogP contribution in [0.15, 0.2) is 24.8 Å². The predicted octanol–water partition coefficient (Wildman–Crippen LogP) is 1.60. The van der Waals surface area contributed by atoms with E-state index in [9.17, 15) is 0 Å². The zero-order valence-corrected chi connectivity index (χ0v) is 10.7. The van der Waals surface area contributed by atoms with Crippen LogP contribution in [0.4, 0.5) is 0 Å². The zero-order valence-electron chi connectivity index (χ0n) is 9.92. The van der Waals surface area contributed by atoms with Crippen LogP contribution in [0.2, 0.25) is 5.02 Å². The molecule has 0 fully saturated rings. The molecule has 2 atom stereocenters. The van der Waals surface area contributed by atoms with Gasteiger partial charge in [0.05, 0.1) is 23.5 Å². The predicted molar refractivity (Wildman–Crippen MR) is 66.9 cm³/mol. The second-order valence-electron chi connectivity index (χ2n) is 4.10. The summed E-state index contributed by atoms with van der Waals surface area (Å²) in [6.45, 7) is 2.05. The maximum absolute atomic E-state index is 6.16. The van der Waals surface area contributed by atoms with Gasteiger partial charge < -0.3 is 5.73 Å². The Balaban J connectivity index is 2.38. The van der Waals surface area contributed by atoms with Crippen molar-refractivity contribution in [3.8, 4) is 0 Å². The Hall–Kier alpha value is -1.33. The van der Waals surface area contributed by atoms with Crippen LogP contribution in [-0.2, 0) is 7.05 Å². The molecule has 0 saturated carbocycles. The van der Waals surface area contributed by atoms with Crippen molar-refractivity contribution in [1.82, 2.24) is 19.6 Å². The van der Waals surface area contributed by atoms with Crippen LogP contribution in [-0.4, -0.2) is 25.6 Å². The van der Waals surface area contributed by atoms with Crippen molar-refractivity contribution in [1.29, 1.82) is 0 Å². The maximum Gasteiger partial charge on any atom is 0.0949 e. The van der Waals surface area contributed by atoms with E-state index in [1.54, 1.807) is 21.8 Å². The van der Waals surface area contributed by atoms with Crippen molar-refractivity contribution < 1.29 is 0 Å². The average molecular weight is 254 g/mol. The largest absolute Gasteiger partial charge is 0.326 e. The summed E-state index contributed by atoms with van der Waals surface area (Å²) in [5, 5.41) is 9.03. The number of aryl methyl sites for hydroxylation is 1. The first-order valence-electron chi connectivity index (χ1n) is 5.55. The number of nitrogens with zero attached hydrogens (tertiary/aromatic N) is 4. The van der Waals surface area contributed by atoms with Gasteiger partial charge in [-0.15, -0.1) is 0 Å². The number of hydrogen-bond donors (Lipinski definition) is 1. The number of halogens is 1. The van der Waals surface area contributed by atoms with Gasteiger partial charge in [-0.05, 0) is 6.42 Å². The molecule has 2 heterocycles. The highest BCUT2D eigenvalue weighted by Crippen LogP contribution is 2.23. The van der Waals surface area contributed by atoms with Crippen LogP contribution < -0.4 is 5.73 Å². The SMILES string of the molecule is CCC(N)C(c1cnn(C)c1)n1cc(Cl)cn1. The number of aromatic nitrogens is 4. The molecule has 0 saturated heterocycles. The Labute approximate surface area is 105 Å². The quantitative estimate of drug-likeness (QED) is 0.900. The molecule has 17 heavy (non-hydrogen) atoms.